The topological polar surface area (TPSA) is 102 Å². The van der Waals surface area contributed by atoms with Crippen molar-refractivity contribution in [1.82, 2.24) is 15.3 Å². The fourth-order valence-corrected chi connectivity index (χ4v) is 2.95. The smallest absolute Gasteiger partial charge is 0.407 e. The van der Waals surface area contributed by atoms with E-state index in [0.717, 1.165) is 5.56 Å². The van der Waals surface area contributed by atoms with Gasteiger partial charge in [0.2, 0.25) is 0 Å². The van der Waals surface area contributed by atoms with Gasteiger partial charge in [0, 0.05) is 30.2 Å². The molecule has 3 rings (SSSR count). The minimum atomic E-state index is -0.596. The Hall–Kier alpha value is -3.94. The summed E-state index contributed by atoms with van der Waals surface area (Å²) < 4.78 is 10.4. The minimum absolute atomic E-state index is 0.174. The van der Waals surface area contributed by atoms with E-state index in [1.807, 2.05) is 24.3 Å². The number of rotatable bonds is 6. The van der Waals surface area contributed by atoms with Crippen molar-refractivity contribution < 1.29 is 19.1 Å². The van der Waals surface area contributed by atoms with Gasteiger partial charge in [-0.2, -0.15) is 0 Å². The summed E-state index contributed by atoms with van der Waals surface area (Å²) in [5.41, 5.74) is 2.07. The van der Waals surface area contributed by atoms with Gasteiger partial charge in [0.05, 0.1) is 7.11 Å². The summed E-state index contributed by atoms with van der Waals surface area (Å²) in [5.74, 6) is 0.294. The molecule has 8 heteroatoms. The molecule has 0 saturated carbocycles. The molecule has 1 heterocycles. The molecule has 0 radical (unpaired) electrons. The van der Waals surface area contributed by atoms with Crippen LogP contribution in [0.4, 0.5) is 10.5 Å². The van der Waals surface area contributed by atoms with Crippen LogP contribution in [0, 0.1) is 0 Å². The fraction of sp³-hybridized carbons (Fsp3) is 0.250. The lowest BCUT2D eigenvalue weighted by Gasteiger charge is -2.20. The molecule has 0 unspecified atom stereocenters. The van der Waals surface area contributed by atoms with Crippen LogP contribution in [0.5, 0.6) is 5.75 Å². The standard InChI is InChI=1S/C24H26N4O4/c1-24(2,3)32-23(30)27-15-16-7-5-6-8-19(16)20-21(26-14-13-25-20)22(29)28-17-9-11-18(31-4)12-10-17/h5-14H,15H2,1-4H3,(H,27,30)(H,28,29). The Labute approximate surface area is 187 Å². The first-order chi connectivity index (χ1) is 15.3. The van der Waals surface area contributed by atoms with E-state index >= 15 is 0 Å². The maximum absolute atomic E-state index is 13.0. The third-order valence-corrected chi connectivity index (χ3v) is 4.36. The highest BCUT2D eigenvalue weighted by molar-refractivity contribution is 6.06. The molecule has 0 aliphatic rings. The van der Waals surface area contributed by atoms with Crippen LogP contribution < -0.4 is 15.4 Å². The molecule has 2 aromatic carbocycles. The second-order valence-corrected chi connectivity index (χ2v) is 7.95. The normalized spacial score (nSPS) is 10.9. The van der Waals surface area contributed by atoms with Gasteiger partial charge in [0.25, 0.3) is 5.91 Å². The molecule has 0 saturated heterocycles. The predicted octanol–water partition coefficient (Wildman–Crippen LogP) is 4.43. The first-order valence-corrected chi connectivity index (χ1v) is 10.1. The Bertz CT molecular complexity index is 1090. The number of carbonyl (C=O) groups is 2. The molecule has 3 aromatic rings. The molecule has 2 amide bonds. The molecule has 32 heavy (non-hydrogen) atoms. The highest BCUT2D eigenvalue weighted by Gasteiger charge is 2.20. The maximum atomic E-state index is 13.0. The van der Waals surface area contributed by atoms with E-state index in [4.69, 9.17) is 9.47 Å². The molecule has 2 N–H and O–H groups in total. The lowest BCUT2D eigenvalue weighted by Crippen LogP contribution is -2.32. The molecule has 0 fully saturated rings. The van der Waals surface area contributed by atoms with E-state index in [9.17, 15) is 9.59 Å². The number of anilines is 1. The molecule has 8 nitrogen and oxygen atoms in total. The molecular formula is C24H26N4O4. The van der Waals surface area contributed by atoms with Crippen LogP contribution in [-0.4, -0.2) is 34.7 Å². The van der Waals surface area contributed by atoms with Gasteiger partial charge in [-0.15, -0.1) is 0 Å². The summed E-state index contributed by atoms with van der Waals surface area (Å²) in [4.78, 5) is 33.7. The molecule has 0 bridgehead atoms. The summed E-state index contributed by atoms with van der Waals surface area (Å²) in [6.45, 7) is 5.61. The van der Waals surface area contributed by atoms with Gasteiger partial charge in [0.15, 0.2) is 5.69 Å². The van der Waals surface area contributed by atoms with Crippen molar-refractivity contribution in [2.24, 2.45) is 0 Å². The number of ether oxygens (including phenoxy) is 2. The van der Waals surface area contributed by atoms with Gasteiger partial charge >= 0.3 is 6.09 Å². The van der Waals surface area contributed by atoms with Gasteiger partial charge in [-0.25, -0.2) is 9.78 Å². The number of nitrogens with zero attached hydrogens (tertiary/aromatic N) is 2. The van der Waals surface area contributed by atoms with Crippen molar-refractivity contribution in [2.75, 3.05) is 12.4 Å². The van der Waals surface area contributed by atoms with Gasteiger partial charge in [-0.3, -0.25) is 9.78 Å². The van der Waals surface area contributed by atoms with Crippen LogP contribution in [0.3, 0.4) is 0 Å². The first kappa shape index (κ1) is 22.7. The van der Waals surface area contributed by atoms with E-state index in [1.165, 1.54) is 12.4 Å². The average Bonchev–Trinajstić information content (AvgIpc) is 2.77. The van der Waals surface area contributed by atoms with Crippen molar-refractivity contribution in [1.29, 1.82) is 0 Å². The number of nitrogens with one attached hydrogen (secondary N) is 2. The van der Waals surface area contributed by atoms with Crippen LogP contribution in [0.1, 0.15) is 36.8 Å². The quantitative estimate of drug-likeness (QED) is 0.595. The third-order valence-electron chi connectivity index (χ3n) is 4.36. The summed E-state index contributed by atoms with van der Waals surface area (Å²) >= 11 is 0. The summed E-state index contributed by atoms with van der Waals surface area (Å²) in [7, 11) is 1.58. The fourth-order valence-electron chi connectivity index (χ4n) is 2.95. The number of carbonyl (C=O) groups excluding carboxylic acids is 2. The summed E-state index contributed by atoms with van der Waals surface area (Å²) in [6.07, 6.45) is 2.47. The second-order valence-electron chi connectivity index (χ2n) is 7.95. The average molecular weight is 434 g/mol. The van der Waals surface area contributed by atoms with E-state index in [1.54, 1.807) is 52.1 Å². The minimum Gasteiger partial charge on any atom is -0.497 e. The Morgan fingerprint density at radius 3 is 2.34 bits per heavy atom. The van der Waals surface area contributed by atoms with E-state index in [2.05, 4.69) is 20.6 Å². The molecule has 0 aliphatic heterocycles. The zero-order valence-corrected chi connectivity index (χ0v) is 18.5. The number of amides is 2. The lowest BCUT2D eigenvalue weighted by molar-refractivity contribution is 0.0523. The zero-order chi connectivity index (χ0) is 23.1. The molecular weight excluding hydrogens is 408 g/mol. The van der Waals surface area contributed by atoms with Crippen LogP contribution in [-0.2, 0) is 11.3 Å². The van der Waals surface area contributed by atoms with Gasteiger partial charge in [-0.05, 0) is 50.6 Å². The van der Waals surface area contributed by atoms with Crippen molar-refractivity contribution in [3.05, 3.63) is 72.2 Å². The highest BCUT2D eigenvalue weighted by atomic mass is 16.6. The Morgan fingerprint density at radius 1 is 0.969 bits per heavy atom. The number of alkyl carbamates (subject to hydrolysis) is 1. The van der Waals surface area contributed by atoms with Gasteiger partial charge in [-0.1, -0.05) is 24.3 Å². The number of benzene rings is 2. The second kappa shape index (κ2) is 9.91. The largest absolute Gasteiger partial charge is 0.497 e. The van der Waals surface area contributed by atoms with Crippen molar-refractivity contribution in [3.63, 3.8) is 0 Å². The maximum Gasteiger partial charge on any atom is 0.407 e. The highest BCUT2D eigenvalue weighted by Crippen LogP contribution is 2.25. The van der Waals surface area contributed by atoms with E-state index in [0.29, 0.717) is 22.7 Å². The van der Waals surface area contributed by atoms with E-state index in [-0.39, 0.29) is 12.2 Å². The molecule has 0 atom stereocenters. The molecule has 166 valence electrons. The van der Waals surface area contributed by atoms with E-state index < -0.39 is 17.6 Å². The number of aromatic nitrogens is 2. The molecule has 1 aromatic heterocycles. The number of methoxy groups -OCH3 is 1. The Balaban J connectivity index is 1.83. The van der Waals surface area contributed by atoms with Gasteiger partial charge < -0.3 is 20.1 Å². The number of hydrogen-bond donors (Lipinski definition) is 2. The van der Waals surface area contributed by atoms with Crippen molar-refractivity contribution in [3.8, 4) is 17.0 Å². The summed E-state index contributed by atoms with van der Waals surface area (Å²) in [6, 6.07) is 14.4. The monoisotopic (exact) mass is 434 g/mol. The number of hydrogen-bond acceptors (Lipinski definition) is 6. The third kappa shape index (κ3) is 6.04. The Morgan fingerprint density at radius 2 is 1.66 bits per heavy atom. The van der Waals surface area contributed by atoms with Crippen molar-refractivity contribution >= 4 is 17.7 Å². The SMILES string of the molecule is COc1ccc(NC(=O)c2nccnc2-c2ccccc2CNC(=O)OC(C)(C)C)cc1. The van der Waals surface area contributed by atoms with Crippen LogP contribution in [0.15, 0.2) is 60.9 Å². The van der Waals surface area contributed by atoms with Crippen molar-refractivity contribution in [2.45, 2.75) is 32.9 Å². The molecule has 0 spiro atoms. The van der Waals surface area contributed by atoms with Gasteiger partial charge in [0.1, 0.15) is 17.0 Å². The molecule has 0 aliphatic carbocycles. The van der Waals surface area contributed by atoms with Crippen LogP contribution in [0.2, 0.25) is 0 Å². The van der Waals surface area contributed by atoms with Crippen LogP contribution >= 0.6 is 0 Å². The predicted molar refractivity (Wildman–Crippen MR) is 121 cm³/mol. The first-order valence-electron chi connectivity index (χ1n) is 10.1. The Kier molecular flexibility index (Phi) is 7.04. The summed E-state index contributed by atoms with van der Waals surface area (Å²) in [5, 5.41) is 5.57. The lowest BCUT2D eigenvalue weighted by atomic mass is 10.0. The van der Waals surface area contributed by atoms with Crippen LogP contribution in [0.25, 0.3) is 11.3 Å². The zero-order valence-electron chi connectivity index (χ0n) is 18.5.